The van der Waals surface area contributed by atoms with Crippen LogP contribution in [0.3, 0.4) is 0 Å². The van der Waals surface area contributed by atoms with Gasteiger partial charge in [0.05, 0.1) is 5.41 Å². The molecule has 1 aliphatic carbocycles. The predicted molar refractivity (Wildman–Crippen MR) is 107 cm³/mol. The molecule has 6 heteroatoms. The van der Waals surface area contributed by atoms with Crippen molar-refractivity contribution in [2.24, 2.45) is 11.3 Å². The number of carboxylic acids is 1. The van der Waals surface area contributed by atoms with E-state index in [9.17, 15) is 14.7 Å². The van der Waals surface area contributed by atoms with E-state index in [-0.39, 0.29) is 18.0 Å². The summed E-state index contributed by atoms with van der Waals surface area (Å²) >= 11 is 0. The number of hydrogen-bond donors (Lipinski definition) is 2. The highest BCUT2D eigenvalue weighted by Crippen LogP contribution is 2.48. The molecule has 1 aromatic rings. The quantitative estimate of drug-likeness (QED) is 0.836. The van der Waals surface area contributed by atoms with E-state index >= 15 is 0 Å². The minimum atomic E-state index is -0.727. The molecule has 2 aliphatic heterocycles. The van der Waals surface area contributed by atoms with Crippen LogP contribution in [0.25, 0.3) is 0 Å². The Morgan fingerprint density at radius 1 is 1.21 bits per heavy atom. The number of urea groups is 1. The number of carbonyl (C=O) groups excluding carboxylic acids is 1. The Labute approximate surface area is 166 Å². The second-order valence-corrected chi connectivity index (χ2v) is 8.86. The number of aryl methyl sites for hydroxylation is 1. The minimum absolute atomic E-state index is 0.0765. The normalized spacial score (nSPS) is 28.3. The number of aliphatic carboxylic acids is 1. The van der Waals surface area contributed by atoms with E-state index in [0.29, 0.717) is 19.5 Å². The third-order valence-corrected chi connectivity index (χ3v) is 7.15. The summed E-state index contributed by atoms with van der Waals surface area (Å²) in [7, 11) is 0. The summed E-state index contributed by atoms with van der Waals surface area (Å²) in [5.74, 6) is -0.610. The largest absolute Gasteiger partial charge is 0.481 e. The van der Waals surface area contributed by atoms with Crippen molar-refractivity contribution in [3.05, 3.63) is 35.4 Å². The van der Waals surface area contributed by atoms with Crippen molar-refractivity contribution in [2.75, 3.05) is 26.2 Å². The van der Waals surface area contributed by atoms with Gasteiger partial charge in [-0.15, -0.1) is 0 Å². The zero-order chi connectivity index (χ0) is 19.7. The molecule has 0 spiro atoms. The summed E-state index contributed by atoms with van der Waals surface area (Å²) in [5.41, 5.74) is 1.99. The fourth-order valence-electron chi connectivity index (χ4n) is 5.32. The van der Waals surface area contributed by atoms with E-state index < -0.39 is 11.4 Å². The van der Waals surface area contributed by atoms with E-state index in [1.165, 1.54) is 11.1 Å². The Bertz CT molecular complexity index is 744. The zero-order valence-corrected chi connectivity index (χ0v) is 16.7. The Balaban J connectivity index is 1.27. The third-order valence-electron chi connectivity index (χ3n) is 7.15. The van der Waals surface area contributed by atoms with Gasteiger partial charge in [0.1, 0.15) is 0 Å². The highest BCUT2D eigenvalue weighted by atomic mass is 16.4. The molecule has 2 amide bonds. The molecule has 0 radical (unpaired) electrons. The second kappa shape index (κ2) is 7.74. The number of fused-ring (bicyclic) bond motifs is 1. The van der Waals surface area contributed by atoms with Crippen LogP contribution in [-0.2, 0) is 11.3 Å². The molecule has 2 N–H and O–H groups in total. The molecule has 4 rings (SSSR count). The summed E-state index contributed by atoms with van der Waals surface area (Å²) in [6, 6.07) is 8.60. The number of carbonyl (C=O) groups is 2. The van der Waals surface area contributed by atoms with Crippen LogP contribution in [0.5, 0.6) is 0 Å². The standard InChI is InChI=1S/C22H31N3O3/c1-16-5-2-3-6-17(16)13-24-11-8-19(9-12-24)23-21(28)25-14-18-7-4-10-22(18,15-25)20(26)27/h2-3,5-6,18-19H,4,7-15H2,1H3,(H,23,28)(H,26,27)/t18-,22+/m0/s1. The van der Waals surface area contributed by atoms with Crippen molar-refractivity contribution in [3.8, 4) is 0 Å². The topological polar surface area (TPSA) is 72.9 Å². The van der Waals surface area contributed by atoms with Gasteiger partial charge in [-0.05, 0) is 49.7 Å². The van der Waals surface area contributed by atoms with Crippen LogP contribution < -0.4 is 5.32 Å². The lowest BCUT2D eigenvalue weighted by atomic mass is 9.81. The van der Waals surface area contributed by atoms with E-state index in [2.05, 4.69) is 41.4 Å². The van der Waals surface area contributed by atoms with Crippen LogP contribution >= 0.6 is 0 Å². The fraction of sp³-hybridized carbons (Fsp3) is 0.636. The smallest absolute Gasteiger partial charge is 0.317 e. The lowest BCUT2D eigenvalue weighted by molar-refractivity contribution is -0.149. The Morgan fingerprint density at radius 2 is 1.96 bits per heavy atom. The predicted octanol–water partition coefficient (Wildman–Crippen LogP) is 2.86. The molecule has 28 heavy (non-hydrogen) atoms. The maximum Gasteiger partial charge on any atom is 0.317 e. The number of likely N-dealkylation sites (tertiary alicyclic amines) is 2. The first kappa shape index (κ1) is 19.2. The van der Waals surface area contributed by atoms with Gasteiger partial charge in [0.2, 0.25) is 0 Å². The molecule has 3 fully saturated rings. The maximum absolute atomic E-state index is 12.7. The summed E-state index contributed by atoms with van der Waals surface area (Å²) in [6.07, 6.45) is 4.48. The number of amides is 2. The van der Waals surface area contributed by atoms with Crippen LogP contribution in [0.4, 0.5) is 4.79 Å². The van der Waals surface area contributed by atoms with Gasteiger partial charge in [0.25, 0.3) is 0 Å². The Hall–Kier alpha value is -2.08. The first-order valence-electron chi connectivity index (χ1n) is 10.5. The molecule has 0 aromatic heterocycles. The van der Waals surface area contributed by atoms with Gasteiger partial charge in [0.15, 0.2) is 0 Å². The first-order valence-corrected chi connectivity index (χ1v) is 10.5. The van der Waals surface area contributed by atoms with E-state index in [0.717, 1.165) is 45.3 Å². The molecule has 3 aliphatic rings. The van der Waals surface area contributed by atoms with Crippen molar-refractivity contribution < 1.29 is 14.7 Å². The van der Waals surface area contributed by atoms with Crippen molar-refractivity contribution in [1.82, 2.24) is 15.1 Å². The van der Waals surface area contributed by atoms with Crippen LogP contribution in [-0.4, -0.2) is 59.1 Å². The van der Waals surface area contributed by atoms with Crippen molar-refractivity contribution in [1.29, 1.82) is 0 Å². The molecule has 6 nitrogen and oxygen atoms in total. The summed E-state index contributed by atoms with van der Waals surface area (Å²) in [6.45, 7) is 6.01. The highest BCUT2D eigenvalue weighted by Gasteiger charge is 2.55. The molecule has 0 bridgehead atoms. The number of rotatable bonds is 4. The van der Waals surface area contributed by atoms with Gasteiger partial charge in [-0.2, -0.15) is 0 Å². The van der Waals surface area contributed by atoms with Crippen LogP contribution in [0.1, 0.15) is 43.2 Å². The molecular weight excluding hydrogens is 354 g/mol. The van der Waals surface area contributed by atoms with Gasteiger partial charge in [-0.1, -0.05) is 30.7 Å². The lowest BCUT2D eigenvalue weighted by Gasteiger charge is -2.33. The molecular formula is C22H31N3O3. The van der Waals surface area contributed by atoms with Gasteiger partial charge < -0.3 is 15.3 Å². The SMILES string of the molecule is Cc1ccccc1CN1CCC(NC(=O)N2C[C@@H]3CCC[C@@]3(C(=O)O)C2)CC1. The van der Waals surface area contributed by atoms with Gasteiger partial charge in [0, 0.05) is 38.8 Å². The molecule has 152 valence electrons. The van der Waals surface area contributed by atoms with Crippen molar-refractivity contribution >= 4 is 12.0 Å². The number of benzene rings is 1. The minimum Gasteiger partial charge on any atom is -0.481 e. The zero-order valence-electron chi connectivity index (χ0n) is 16.7. The molecule has 0 unspecified atom stereocenters. The average Bonchev–Trinajstić information content (AvgIpc) is 3.24. The average molecular weight is 386 g/mol. The number of nitrogens with zero attached hydrogens (tertiary/aromatic N) is 2. The molecule has 2 saturated heterocycles. The molecule has 1 saturated carbocycles. The van der Waals surface area contributed by atoms with E-state index in [1.807, 2.05) is 0 Å². The first-order chi connectivity index (χ1) is 13.5. The Kier molecular flexibility index (Phi) is 5.32. The second-order valence-electron chi connectivity index (χ2n) is 8.86. The van der Waals surface area contributed by atoms with Crippen LogP contribution in [0.15, 0.2) is 24.3 Å². The lowest BCUT2D eigenvalue weighted by Crippen LogP contribution is -2.49. The summed E-state index contributed by atoms with van der Waals surface area (Å²) in [5, 5.41) is 12.9. The maximum atomic E-state index is 12.7. The summed E-state index contributed by atoms with van der Waals surface area (Å²) < 4.78 is 0. The van der Waals surface area contributed by atoms with Crippen LogP contribution in [0, 0.1) is 18.3 Å². The van der Waals surface area contributed by atoms with Crippen molar-refractivity contribution in [2.45, 2.75) is 51.6 Å². The number of carboxylic acid groups (broad SMARTS) is 1. The molecule has 1 aromatic carbocycles. The highest BCUT2D eigenvalue weighted by molar-refractivity contribution is 5.80. The van der Waals surface area contributed by atoms with E-state index in [1.54, 1.807) is 4.90 Å². The van der Waals surface area contributed by atoms with E-state index in [4.69, 9.17) is 0 Å². The van der Waals surface area contributed by atoms with Gasteiger partial charge >= 0.3 is 12.0 Å². The summed E-state index contributed by atoms with van der Waals surface area (Å²) in [4.78, 5) is 28.7. The fourth-order valence-corrected chi connectivity index (χ4v) is 5.32. The third kappa shape index (κ3) is 3.62. The number of hydrogen-bond acceptors (Lipinski definition) is 3. The monoisotopic (exact) mass is 385 g/mol. The van der Waals surface area contributed by atoms with Gasteiger partial charge in [-0.3, -0.25) is 9.69 Å². The van der Waals surface area contributed by atoms with Gasteiger partial charge in [-0.25, -0.2) is 4.79 Å². The molecule has 2 atom stereocenters. The number of piperidine rings is 1. The van der Waals surface area contributed by atoms with Crippen LogP contribution in [0.2, 0.25) is 0 Å². The Morgan fingerprint density at radius 3 is 2.64 bits per heavy atom. The number of nitrogens with one attached hydrogen (secondary N) is 1. The van der Waals surface area contributed by atoms with Crippen molar-refractivity contribution in [3.63, 3.8) is 0 Å². The molecule has 2 heterocycles.